The van der Waals surface area contributed by atoms with Gasteiger partial charge in [-0.3, -0.25) is 0 Å². The molecule has 0 spiro atoms. The minimum absolute atomic E-state index is 0.168. The van der Waals surface area contributed by atoms with Crippen molar-refractivity contribution in [2.75, 3.05) is 19.0 Å². The molecule has 1 unspecified atom stereocenters. The molecule has 2 N–H and O–H groups in total. The maximum absolute atomic E-state index is 5.33. The zero-order chi connectivity index (χ0) is 14.5. The monoisotopic (exact) mass is 352 g/mol. The van der Waals surface area contributed by atoms with Crippen molar-refractivity contribution in [2.45, 2.75) is 13.0 Å². The van der Waals surface area contributed by atoms with Crippen molar-refractivity contribution in [2.24, 2.45) is 0 Å². The summed E-state index contributed by atoms with van der Waals surface area (Å²) >= 11 is 8.90. The number of rotatable bonds is 4. The van der Waals surface area contributed by atoms with Crippen LogP contribution in [0.4, 0.5) is 5.69 Å². The standard InChI is InChI=1S/C15H17BrN2OS/c1-10(9-19-2)17-15(20)18-14-8-7-13(16)11-5-3-4-6-12(11)14/h3-8,10H,9H2,1-2H3,(H2,17,18,20). The molecule has 0 radical (unpaired) electrons. The lowest BCUT2D eigenvalue weighted by Crippen LogP contribution is -2.38. The smallest absolute Gasteiger partial charge is 0.171 e. The van der Waals surface area contributed by atoms with Gasteiger partial charge in [-0.05, 0) is 36.7 Å². The zero-order valence-corrected chi connectivity index (χ0v) is 13.8. The fourth-order valence-corrected chi connectivity index (χ4v) is 2.83. The van der Waals surface area contributed by atoms with Crippen molar-refractivity contribution in [3.05, 3.63) is 40.9 Å². The summed E-state index contributed by atoms with van der Waals surface area (Å²) in [5.41, 5.74) is 0.992. The molecule has 1 atom stereocenters. The molecule has 0 amide bonds. The van der Waals surface area contributed by atoms with E-state index < -0.39 is 0 Å². The third-order valence-corrected chi connectivity index (χ3v) is 3.82. The summed E-state index contributed by atoms with van der Waals surface area (Å²) in [7, 11) is 1.68. The summed E-state index contributed by atoms with van der Waals surface area (Å²) in [5, 5.41) is 9.32. The summed E-state index contributed by atoms with van der Waals surface area (Å²) < 4.78 is 6.16. The molecule has 0 aliphatic carbocycles. The first-order chi connectivity index (χ1) is 9.61. The van der Waals surface area contributed by atoms with Crippen molar-refractivity contribution in [1.82, 2.24) is 5.32 Å². The highest BCUT2D eigenvalue weighted by atomic mass is 79.9. The first-order valence-electron chi connectivity index (χ1n) is 6.35. The summed E-state index contributed by atoms with van der Waals surface area (Å²) in [4.78, 5) is 0. The van der Waals surface area contributed by atoms with E-state index in [1.807, 2.05) is 31.2 Å². The molecule has 0 heterocycles. The predicted octanol–water partition coefficient (Wildman–Crippen LogP) is 3.92. The molecule has 0 fully saturated rings. The number of thiocarbonyl (C=S) groups is 1. The van der Waals surface area contributed by atoms with Crippen LogP contribution in [-0.4, -0.2) is 24.9 Å². The summed E-state index contributed by atoms with van der Waals surface area (Å²) in [5.74, 6) is 0. The molecule has 106 valence electrons. The maximum Gasteiger partial charge on any atom is 0.171 e. The van der Waals surface area contributed by atoms with E-state index in [-0.39, 0.29) is 6.04 Å². The van der Waals surface area contributed by atoms with Gasteiger partial charge in [-0.25, -0.2) is 0 Å². The lowest BCUT2D eigenvalue weighted by atomic mass is 10.1. The molecule has 2 aromatic rings. The van der Waals surface area contributed by atoms with Crippen LogP contribution in [0.25, 0.3) is 10.8 Å². The number of methoxy groups -OCH3 is 1. The zero-order valence-electron chi connectivity index (χ0n) is 11.4. The number of benzene rings is 2. The average molecular weight is 353 g/mol. The Morgan fingerprint density at radius 1 is 1.25 bits per heavy atom. The first-order valence-corrected chi connectivity index (χ1v) is 7.55. The highest BCUT2D eigenvalue weighted by molar-refractivity contribution is 9.10. The second-order valence-electron chi connectivity index (χ2n) is 4.60. The predicted molar refractivity (Wildman–Crippen MR) is 92.3 cm³/mol. The van der Waals surface area contributed by atoms with E-state index in [0.717, 1.165) is 20.9 Å². The fraction of sp³-hybridized carbons (Fsp3) is 0.267. The molecule has 0 aliphatic heterocycles. The van der Waals surface area contributed by atoms with Gasteiger partial charge in [-0.1, -0.05) is 40.2 Å². The molecule has 2 rings (SSSR count). The quantitative estimate of drug-likeness (QED) is 0.817. The van der Waals surface area contributed by atoms with E-state index in [4.69, 9.17) is 17.0 Å². The van der Waals surface area contributed by atoms with Crippen LogP contribution >= 0.6 is 28.1 Å². The van der Waals surface area contributed by atoms with Crippen molar-refractivity contribution >= 4 is 49.7 Å². The van der Waals surface area contributed by atoms with Gasteiger partial charge in [0.25, 0.3) is 0 Å². The van der Waals surface area contributed by atoms with Gasteiger partial charge >= 0.3 is 0 Å². The van der Waals surface area contributed by atoms with Crippen LogP contribution in [-0.2, 0) is 4.74 Å². The molecule has 3 nitrogen and oxygen atoms in total. The van der Waals surface area contributed by atoms with E-state index in [2.05, 4.69) is 38.7 Å². The number of hydrogen-bond donors (Lipinski definition) is 2. The summed E-state index contributed by atoms with van der Waals surface area (Å²) in [6.07, 6.45) is 0. The van der Waals surface area contributed by atoms with Gasteiger partial charge in [0.05, 0.1) is 6.61 Å². The van der Waals surface area contributed by atoms with Gasteiger partial charge in [0.2, 0.25) is 0 Å². The molecular weight excluding hydrogens is 336 g/mol. The van der Waals surface area contributed by atoms with Gasteiger partial charge in [-0.15, -0.1) is 0 Å². The van der Waals surface area contributed by atoms with Crippen molar-refractivity contribution < 1.29 is 4.74 Å². The van der Waals surface area contributed by atoms with Crippen LogP contribution in [0.1, 0.15) is 6.92 Å². The van der Waals surface area contributed by atoms with Crippen molar-refractivity contribution in [1.29, 1.82) is 0 Å². The largest absolute Gasteiger partial charge is 0.383 e. The SMILES string of the molecule is COCC(C)NC(=S)Nc1ccc(Br)c2ccccc12. The summed E-state index contributed by atoms with van der Waals surface area (Å²) in [6.45, 7) is 2.64. The third-order valence-electron chi connectivity index (χ3n) is 2.91. The molecule has 0 bridgehead atoms. The fourth-order valence-electron chi connectivity index (χ4n) is 2.05. The van der Waals surface area contributed by atoms with E-state index in [0.29, 0.717) is 11.7 Å². The van der Waals surface area contributed by atoms with E-state index in [1.54, 1.807) is 7.11 Å². The molecule has 5 heteroatoms. The van der Waals surface area contributed by atoms with Gasteiger partial charge < -0.3 is 15.4 Å². The first kappa shape index (κ1) is 15.2. The Labute approximate surface area is 132 Å². The third kappa shape index (κ3) is 3.69. The molecule has 0 aromatic heterocycles. The number of fused-ring (bicyclic) bond motifs is 1. The Bertz CT molecular complexity index is 618. The number of hydrogen-bond acceptors (Lipinski definition) is 2. The number of ether oxygens (including phenoxy) is 1. The lowest BCUT2D eigenvalue weighted by molar-refractivity contribution is 0.179. The second-order valence-corrected chi connectivity index (χ2v) is 5.86. The second kappa shape index (κ2) is 7.02. The molecule has 20 heavy (non-hydrogen) atoms. The number of halogens is 1. The Morgan fingerprint density at radius 2 is 1.95 bits per heavy atom. The number of nitrogens with one attached hydrogen (secondary N) is 2. The average Bonchev–Trinajstić information content (AvgIpc) is 2.42. The minimum Gasteiger partial charge on any atom is -0.383 e. The van der Waals surface area contributed by atoms with Crippen LogP contribution in [0.2, 0.25) is 0 Å². The molecule has 2 aromatic carbocycles. The molecule has 0 saturated heterocycles. The molecule has 0 aliphatic rings. The van der Waals surface area contributed by atoms with Crippen LogP contribution in [0.3, 0.4) is 0 Å². The van der Waals surface area contributed by atoms with Gasteiger partial charge in [0.15, 0.2) is 5.11 Å². The highest BCUT2D eigenvalue weighted by Crippen LogP contribution is 2.29. The van der Waals surface area contributed by atoms with Gasteiger partial charge in [0.1, 0.15) is 0 Å². The molecule has 0 saturated carbocycles. The Kier molecular flexibility index (Phi) is 5.34. The van der Waals surface area contributed by atoms with Gasteiger partial charge in [0, 0.05) is 28.7 Å². The van der Waals surface area contributed by atoms with Crippen molar-refractivity contribution in [3.8, 4) is 0 Å². The Balaban J connectivity index is 2.18. The maximum atomic E-state index is 5.33. The summed E-state index contributed by atoms with van der Waals surface area (Å²) in [6, 6.07) is 12.4. The van der Waals surface area contributed by atoms with E-state index in [9.17, 15) is 0 Å². The van der Waals surface area contributed by atoms with Crippen LogP contribution in [0.15, 0.2) is 40.9 Å². The normalized spacial score (nSPS) is 12.2. The van der Waals surface area contributed by atoms with Crippen LogP contribution in [0.5, 0.6) is 0 Å². The Hall–Kier alpha value is -1.17. The molecular formula is C15H17BrN2OS. The van der Waals surface area contributed by atoms with Gasteiger partial charge in [-0.2, -0.15) is 0 Å². The minimum atomic E-state index is 0.168. The van der Waals surface area contributed by atoms with Crippen LogP contribution in [0, 0.1) is 0 Å². The highest BCUT2D eigenvalue weighted by Gasteiger charge is 2.07. The topological polar surface area (TPSA) is 33.3 Å². The Morgan fingerprint density at radius 3 is 2.65 bits per heavy atom. The number of anilines is 1. The lowest BCUT2D eigenvalue weighted by Gasteiger charge is -2.17. The van der Waals surface area contributed by atoms with Crippen LogP contribution < -0.4 is 10.6 Å². The van der Waals surface area contributed by atoms with Crippen molar-refractivity contribution in [3.63, 3.8) is 0 Å². The van der Waals surface area contributed by atoms with E-state index >= 15 is 0 Å². The van der Waals surface area contributed by atoms with E-state index in [1.165, 1.54) is 0 Å².